The number of carbonyl (C=O) groups is 1. The van der Waals surface area contributed by atoms with Gasteiger partial charge in [0.25, 0.3) is 5.91 Å². The second-order valence-corrected chi connectivity index (χ2v) is 6.10. The van der Waals surface area contributed by atoms with E-state index in [9.17, 15) is 13.6 Å². The van der Waals surface area contributed by atoms with Crippen LogP contribution >= 0.6 is 0 Å². The fourth-order valence-corrected chi connectivity index (χ4v) is 3.17. The van der Waals surface area contributed by atoms with E-state index in [4.69, 9.17) is 10.5 Å². The quantitative estimate of drug-likeness (QED) is 0.731. The van der Waals surface area contributed by atoms with Crippen LogP contribution in [0.2, 0.25) is 0 Å². The van der Waals surface area contributed by atoms with Gasteiger partial charge in [-0.05, 0) is 47.0 Å². The summed E-state index contributed by atoms with van der Waals surface area (Å²) >= 11 is 0. The highest BCUT2D eigenvalue weighted by Gasteiger charge is 2.24. The largest absolute Gasteiger partial charge is 0.496 e. The topological polar surface area (TPSA) is 65.2 Å². The molecule has 27 heavy (non-hydrogen) atoms. The lowest BCUT2D eigenvalue weighted by atomic mass is 9.85. The molecule has 1 atom stereocenters. The van der Waals surface area contributed by atoms with Crippen LogP contribution in [0.3, 0.4) is 0 Å². The molecular formula is C21H18F2N2O2. The zero-order valence-electron chi connectivity index (χ0n) is 14.9. The van der Waals surface area contributed by atoms with Crippen molar-refractivity contribution in [2.24, 2.45) is 5.73 Å². The number of halogens is 2. The summed E-state index contributed by atoms with van der Waals surface area (Å²) in [6, 6.07) is 10.7. The molecular weight excluding hydrogens is 350 g/mol. The molecule has 0 saturated heterocycles. The minimum Gasteiger partial charge on any atom is -0.496 e. The van der Waals surface area contributed by atoms with Crippen molar-refractivity contribution in [1.29, 1.82) is 0 Å². The highest BCUT2D eigenvalue weighted by Crippen LogP contribution is 2.41. The van der Waals surface area contributed by atoms with Crippen molar-refractivity contribution >= 4 is 5.91 Å². The van der Waals surface area contributed by atoms with E-state index in [0.29, 0.717) is 16.9 Å². The molecule has 0 spiro atoms. The van der Waals surface area contributed by atoms with E-state index >= 15 is 0 Å². The summed E-state index contributed by atoms with van der Waals surface area (Å²) in [5, 5.41) is 0. The van der Waals surface area contributed by atoms with Crippen molar-refractivity contribution in [2.45, 2.75) is 12.8 Å². The molecule has 0 radical (unpaired) electrons. The Kier molecular flexibility index (Phi) is 5.16. The summed E-state index contributed by atoms with van der Waals surface area (Å²) < 4.78 is 32.6. The zero-order chi connectivity index (χ0) is 19.6. The molecule has 0 saturated carbocycles. The second-order valence-electron chi connectivity index (χ2n) is 6.10. The molecule has 2 N–H and O–H groups in total. The van der Waals surface area contributed by atoms with Crippen LogP contribution in [-0.4, -0.2) is 18.0 Å². The predicted molar refractivity (Wildman–Crippen MR) is 98.6 cm³/mol. The molecule has 1 aromatic heterocycles. The molecule has 0 aliphatic rings. The molecule has 2 aromatic carbocycles. The fraction of sp³-hybridized carbons (Fsp3) is 0.143. The van der Waals surface area contributed by atoms with Gasteiger partial charge in [0.1, 0.15) is 5.75 Å². The average Bonchev–Trinajstić information content (AvgIpc) is 2.68. The van der Waals surface area contributed by atoms with Crippen molar-refractivity contribution in [2.75, 3.05) is 7.11 Å². The molecule has 0 bridgehead atoms. The third-order valence-electron chi connectivity index (χ3n) is 4.53. The van der Waals surface area contributed by atoms with Gasteiger partial charge in [0.15, 0.2) is 11.6 Å². The highest BCUT2D eigenvalue weighted by atomic mass is 19.2. The summed E-state index contributed by atoms with van der Waals surface area (Å²) in [5.41, 5.74) is 8.56. The van der Waals surface area contributed by atoms with Gasteiger partial charge in [0.2, 0.25) is 0 Å². The summed E-state index contributed by atoms with van der Waals surface area (Å²) in [6.07, 6.45) is 3.30. The van der Waals surface area contributed by atoms with Gasteiger partial charge >= 0.3 is 0 Å². The molecule has 6 heteroatoms. The molecule has 1 heterocycles. The summed E-state index contributed by atoms with van der Waals surface area (Å²) in [5.74, 6) is -2.56. The average molecular weight is 368 g/mol. The Morgan fingerprint density at radius 3 is 2.37 bits per heavy atom. The molecule has 0 unspecified atom stereocenters. The Labute approximate surface area is 155 Å². The SMILES string of the molecule is COc1c(C(N)=O)ccc(-c2ccncc2)c1[C@@H](C)c1ccc(F)c(F)c1. The van der Waals surface area contributed by atoms with E-state index in [-0.39, 0.29) is 5.56 Å². The number of nitrogens with two attached hydrogens (primary N) is 1. The summed E-state index contributed by atoms with van der Waals surface area (Å²) in [7, 11) is 1.44. The predicted octanol–water partition coefficient (Wildman–Crippen LogP) is 4.29. The van der Waals surface area contributed by atoms with Gasteiger partial charge in [-0.3, -0.25) is 9.78 Å². The van der Waals surface area contributed by atoms with Gasteiger partial charge in [0, 0.05) is 23.9 Å². The number of nitrogens with zero attached hydrogens (tertiary/aromatic N) is 1. The molecule has 1 amide bonds. The lowest BCUT2D eigenvalue weighted by molar-refractivity contribution is 0.0997. The van der Waals surface area contributed by atoms with Crippen LogP contribution in [0.1, 0.15) is 34.3 Å². The first-order chi connectivity index (χ1) is 12.9. The van der Waals surface area contributed by atoms with Crippen molar-refractivity contribution < 1.29 is 18.3 Å². The Bertz CT molecular complexity index is 991. The van der Waals surface area contributed by atoms with Gasteiger partial charge in [0.05, 0.1) is 12.7 Å². The molecule has 138 valence electrons. The number of carbonyl (C=O) groups excluding carboxylic acids is 1. The number of primary amides is 1. The first-order valence-corrected chi connectivity index (χ1v) is 8.30. The van der Waals surface area contributed by atoms with Gasteiger partial charge in [-0.25, -0.2) is 8.78 Å². The standard InChI is InChI=1S/C21H18F2N2O2/c1-12(14-3-6-17(22)18(23)11-14)19-15(13-7-9-25-10-8-13)4-5-16(21(24)26)20(19)27-2/h3-12H,1-2H3,(H2,24,26)/t12-/m0/s1. The number of pyridine rings is 1. The number of rotatable bonds is 5. The van der Waals surface area contributed by atoms with Crippen LogP contribution in [0.4, 0.5) is 8.78 Å². The number of hydrogen-bond donors (Lipinski definition) is 1. The summed E-state index contributed by atoms with van der Waals surface area (Å²) in [6.45, 7) is 1.83. The fourth-order valence-electron chi connectivity index (χ4n) is 3.17. The zero-order valence-corrected chi connectivity index (χ0v) is 14.9. The number of amides is 1. The molecule has 0 aliphatic heterocycles. The molecule has 4 nitrogen and oxygen atoms in total. The molecule has 3 rings (SSSR count). The van der Waals surface area contributed by atoms with E-state index in [1.165, 1.54) is 13.2 Å². The first kappa shape index (κ1) is 18.5. The number of methoxy groups -OCH3 is 1. The van der Waals surface area contributed by atoms with Gasteiger partial charge in [-0.2, -0.15) is 0 Å². The van der Waals surface area contributed by atoms with Crippen LogP contribution in [-0.2, 0) is 0 Å². The van der Waals surface area contributed by atoms with Crippen LogP contribution < -0.4 is 10.5 Å². The van der Waals surface area contributed by atoms with Gasteiger partial charge in [-0.15, -0.1) is 0 Å². The van der Waals surface area contributed by atoms with Gasteiger partial charge < -0.3 is 10.5 Å². The number of benzene rings is 2. The van der Waals surface area contributed by atoms with Crippen molar-refractivity contribution in [1.82, 2.24) is 4.98 Å². The Balaban J connectivity index is 2.28. The first-order valence-electron chi connectivity index (χ1n) is 8.30. The third-order valence-corrected chi connectivity index (χ3v) is 4.53. The molecule has 0 fully saturated rings. The third kappa shape index (κ3) is 3.51. The van der Waals surface area contributed by atoms with Crippen LogP contribution in [0.5, 0.6) is 5.75 Å². The maximum atomic E-state index is 13.8. The Hall–Kier alpha value is -3.28. The minimum absolute atomic E-state index is 0.222. The minimum atomic E-state index is -0.935. The van der Waals surface area contributed by atoms with E-state index in [2.05, 4.69) is 4.98 Å². The smallest absolute Gasteiger partial charge is 0.252 e. The van der Waals surface area contributed by atoms with Crippen LogP contribution in [0, 0.1) is 11.6 Å². The maximum Gasteiger partial charge on any atom is 0.252 e. The lowest BCUT2D eigenvalue weighted by Crippen LogP contribution is -2.15. The number of hydrogen-bond acceptors (Lipinski definition) is 3. The van der Waals surface area contributed by atoms with Crippen molar-refractivity contribution in [3.63, 3.8) is 0 Å². The normalized spacial score (nSPS) is 11.9. The van der Waals surface area contributed by atoms with Crippen LogP contribution in [0.25, 0.3) is 11.1 Å². The van der Waals surface area contributed by atoms with E-state index < -0.39 is 23.5 Å². The Morgan fingerprint density at radius 2 is 1.78 bits per heavy atom. The Morgan fingerprint density at radius 1 is 1.07 bits per heavy atom. The van der Waals surface area contributed by atoms with E-state index in [0.717, 1.165) is 23.3 Å². The van der Waals surface area contributed by atoms with Crippen LogP contribution in [0.15, 0.2) is 54.9 Å². The van der Waals surface area contributed by atoms with Gasteiger partial charge in [-0.1, -0.05) is 19.1 Å². The monoisotopic (exact) mass is 368 g/mol. The second kappa shape index (κ2) is 7.53. The highest BCUT2D eigenvalue weighted by molar-refractivity contribution is 5.97. The van der Waals surface area contributed by atoms with E-state index in [1.54, 1.807) is 24.5 Å². The van der Waals surface area contributed by atoms with Crippen molar-refractivity contribution in [3.8, 4) is 16.9 Å². The number of aromatic nitrogens is 1. The molecule has 3 aromatic rings. The van der Waals surface area contributed by atoms with Crippen molar-refractivity contribution in [3.05, 3.63) is 83.2 Å². The van der Waals surface area contributed by atoms with E-state index in [1.807, 2.05) is 19.1 Å². The summed E-state index contributed by atoms with van der Waals surface area (Å²) in [4.78, 5) is 15.9. The molecule has 0 aliphatic carbocycles. The maximum absolute atomic E-state index is 13.8. The lowest BCUT2D eigenvalue weighted by Gasteiger charge is -2.22. The number of ether oxygens (including phenoxy) is 1.